The Kier molecular flexibility index (Phi) is 4.12. The van der Waals surface area contributed by atoms with Gasteiger partial charge in [0.25, 0.3) is 0 Å². The van der Waals surface area contributed by atoms with E-state index in [1.165, 1.54) is 16.8 Å². The van der Waals surface area contributed by atoms with E-state index in [2.05, 4.69) is 23.4 Å². The Labute approximate surface area is 107 Å². The summed E-state index contributed by atoms with van der Waals surface area (Å²) in [7, 11) is 1.95. The molecular weight excluding hydrogens is 226 g/mol. The first-order valence-corrected chi connectivity index (χ1v) is 6.07. The molecule has 0 aliphatic heterocycles. The van der Waals surface area contributed by atoms with Crippen LogP contribution in [0.5, 0.6) is 0 Å². The van der Waals surface area contributed by atoms with E-state index < -0.39 is 0 Å². The summed E-state index contributed by atoms with van der Waals surface area (Å²) >= 11 is 0. The third-order valence-corrected chi connectivity index (χ3v) is 3.16. The zero-order valence-corrected chi connectivity index (χ0v) is 10.8. The molecule has 0 aliphatic rings. The standard InChI is InChI=1S/C14H19N3O/c1-11-14(9-16-17(11)2)8-15-7-12-4-3-5-13(6-12)10-18/h3-6,9,15,18H,7-8,10H2,1-2H3. The summed E-state index contributed by atoms with van der Waals surface area (Å²) in [6.45, 7) is 3.76. The fraction of sp³-hybridized carbons (Fsp3) is 0.357. The van der Waals surface area contributed by atoms with Crippen LogP contribution in [0.15, 0.2) is 30.5 Å². The van der Waals surface area contributed by atoms with Crippen molar-refractivity contribution in [2.45, 2.75) is 26.6 Å². The van der Waals surface area contributed by atoms with Gasteiger partial charge in [-0.05, 0) is 18.1 Å². The molecule has 2 aromatic rings. The summed E-state index contributed by atoms with van der Waals surface area (Å²) in [6, 6.07) is 7.97. The van der Waals surface area contributed by atoms with Gasteiger partial charge in [0.1, 0.15) is 0 Å². The van der Waals surface area contributed by atoms with Gasteiger partial charge in [0, 0.05) is 31.4 Å². The lowest BCUT2D eigenvalue weighted by molar-refractivity contribution is 0.281. The Morgan fingerprint density at radius 1 is 1.28 bits per heavy atom. The van der Waals surface area contributed by atoms with Crippen molar-refractivity contribution in [1.82, 2.24) is 15.1 Å². The molecule has 18 heavy (non-hydrogen) atoms. The minimum absolute atomic E-state index is 0.0928. The highest BCUT2D eigenvalue weighted by atomic mass is 16.3. The van der Waals surface area contributed by atoms with Crippen LogP contribution in [-0.4, -0.2) is 14.9 Å². The van der Waals surface area contributed by atoms with Crippen LogP contribution < -0.4 is 5.32 Å². The van der Waals surface area contributed by atoms with Crippen LogP contribution in [0.1, 0.15) is 22.4 Å². The molecule has 0 bridgehead atoms. The monoisotopic (exact) mass is 245 g/mol. The number of nitrogens with one attached hydrogen (secondary N) is 1. The molecule has 4 heteroatoms. The van der Waals surface area contributed by atoms with Gasteiger partial charge in [-0.15, -0.1) is 0 Å². The van der Waals surface area contributed by atoms with Crippen molar-refractivity contribution in [3.63, 3.8) is 0 Å². The van der Waals surface area contributed by atoms with Gasteiger partial charge in [-0.1, -0.05) is 24.3 Å². The lowest BCUT2D eigenvalue weighted by Crippen LogP contribution is -2.13. The number of rotatable bonds is 5. The molecule has 0 saturated heterocycles. The molecule has 2 rings (SSSR count). The Morgan fingerprint density at radius 3 is 2.72 bits per heavy atom. The van der Waals surface area contributed by atoms with Crippen molar-refractivity contribution in [3.05, 3.63) is 52.8 Å². The molecule has 0 radical (unpaired) electrons. The van der Waals surface area contributed by atoms with Crippen molar-refractivity contribution >= 4 is 0 Å². The maximum Gasteiger partial charge on any atom is 0.0681 e. The molecule has 1 aromatic carbocycles. The number of aromatic nitrogens is 2. The smallest absolute Gasteiger partial charge is 0.0681 e. The number of hydrogen-bond acceptors (Lipinski definition) is 3. The Hall–Kier alpha value is -1.65. The van der Waals surface area contributed by atoms with Gasteiger partial charge in [-0.3, -0.25) is 4.68 Å². The van der Waals surface area contributed by atoms with Crippen LogP contribution >= 0.6 is 0 Å². The van der Waals surface area contributed by atoms with Gasteiger partial charge in [0.2, 0.25) is 0 Å². The lowest BCUT2D eigenvalue weighted by atomic mass is 10.1. The van der Waals surface area contributed by atoms with Crippen LogP contribution in [0, 0.1) is 6.92 Å². The van der Waals surface area contributed by atoms with Gasteiger partial charge in [0.05, 0.1) is 12.8 Å². The maximum atomic E-state index is 9.07. The fourth-order valence-electron chi connectivity index (χ4n) is 1.90. The first-order valence-electron chi connectivity index (χ1n) is 6.07. The second-order valence-electron chi connectivity index (χ2n) is 4.46. The van der Waals surface area contributed by atoms with Gasteiger partial charge in [-0.2, -0.15) is 5.10 Å². The molecular formula is C14H19N3O. The predicted octanol–water partition coefficient (Wildman–Crippen LogP) is 1.51. The van der Waals surface area contributed by atoms with E-state index >= 15 is 0 Å². The number of nitrogens with zero attached hydrogens (tertiary/aromatic N) is 2. The van der Waals surface area contributed by atoms with E-state index in [1.54, 1.807) is 0 Å². The highest BCUT2D eigenvalue weighted by Gasteiger charge is 2.02. The minimum atomic E-state index is 0.0928. The largest absolute Gasteiger partial charge is 0.392 e. The van der Waals surface area contributed by atoms with Gasteiger partial charge < -0.3 is 10.4 Å². The number of aliphatic hydroxyl groups excluding tert-OH is 1. The predicted molar refractivity (Wildman–Crippen MR) is 70.9 cm³/mol. The highest BCUT2D eigenvalue weighted by Crippen LogP contribution is 2.07. The van der Waals surface area contributed by atoms with Crippen LogP contribution in [0.3, 0.4) is 0 Å². The molecule has 0 atom stereocenters. The summed E-state index contributed by atoms with van der Waals surface area (Å²) in [5, 5.41) is 16.7. The first kappa shape index (κ1) is 12.8. The van der Waals surface area contributed by atoms with Crippen molar-refractivity contribution in [3.8, 4) is 0 Å². The quantitative estimate of drug-likeness (QED) is 0.839. The summed E-state index contributed by atoms with van der Waals surface area (Å²) < 4.78 is 1.88. The number of aryl methyl sites for hydroxylation is 1. The van der Waals surface area contributed by atoms with Gasteiger partial charge in [-0.25, -0.2) is 0 Å². The van der Waals surface area contributed by atoms with E-state index in [-0.39, 0.29) is 6.61 Å². The SMILES string of the molecule is Cc1c(CNCc2cccc(CO)c2)cnn1C. The van der Waals surface area contributed by atoms with Crippen molar-refractivity contribution in [2.24, 2.45) is 7.05 Å². The molecule has 1 aromatic heterocycles. The topological polar surface area (TPSA) is 50.1 Å². The van der Waals surface area contributed by atoms with Crippen molar-refractivity contribution in [1.29, 1.82) is 0 Å². The van der Waals surface area contributed by atoms with Crippen LogP contribution in [0.4, 0.5) is 0 Å². The molecule has 4 nitrogen and oxygen atoms in total. The highest BCUT2D eigenvalue weighted by molar-refractivity contribution is 5.23. The zero-order valence-electron chi connectivity index (χ0n) is 10.8. The van der Waals surface area contributed by atoms with Gasteiger partial charge >= 0.3 is 0 Å². The summed E-state index contributed by atoms with van der Waals surface area (Å²) in [4.78, 5) is 0. The van der Waals surface area contributed by atoms with E-state index in [0.717, 1.165) is 18.7 Å². The molecule has 0 spiro atoms. The van der Waals surface area contributed by atoms with Crippen LogP contribution in [0.25, 0.3) is 0 Å². The average molecular weight is 245 g/mol. The van der Waals surface area contributed by atoms with Crippen molar-refractivity contribution < 1.29 is 5.11 Å². The van der Waals surface area contributed by atoms with E-state index in [4.69, 9.17) is 5.11 Å². The molecule has 0 fully saturated rings. The minimum Gasteiger partial charge on any atom is -0.392 e. The number of aliphatic hydroxyl groups is 1. The third kappa shape index (κ3) is 2.97. The lowest BCUT2D eigenvalue weighted by Gasteiger charge is -2.06. The normalized spacial score (nSPS) is 10.8. The summed E-state index contributed by atoms with van der Waals surface area (Å²) in [6.07, 6.45) is 1.90. The number of benzene rings is 1. The first-order chi connectivity index (χ1) is 8.70. The average Bonchev–Trinajstić information content (AvgIpc) is 2.71. The Morgan fingerprint density at radius 2 is 2.06 bits per heavy atom. The number of hydrogen-bond donors (Lipinski definition) is 2. The molecule has 0 unspecified atom stereocenters. The van der Waals surface area contributed by atoms with Crippen molar-refractivity contribution in [2.75, 3.05) is 0 Å². The maximum absolute atomic E-state index is 9.07. The molecule has 96 valence electrons. The van der Waals surface area contributed by atoms with Gasteiger partial charge in [0.15, 0.2) is 0 Å². The van der Waals surface area contributed by atoms with E-state index in [0.29, 0.717) is 0 Å². The Balaban J connectivity index is 1.90. The third-order valence-electron chi connectivity index (χ3n) is 3.16. The molecule has 0 aliphatic carbocycles. The second-order valence-corrected chi connectivity index (χ2v) is 4.46. The molecule has 2 N–H and O–H groups in total. The van der Waals surface area contributed by atoms with Crippen LogP contribution in [-0.2, 0) is 26.7 Å². The Bertz CT molecular complexity index is 520. The molecule has 0 saturated carbocycles. The zero-order chi connectivity index (χ0) is 13.0. The summed E-state index contributed by atoms with van der Waals surface area (Å²) in [5.41, 5.74) is 4.54. The van der Waals surface area contributed by atoms with E-state index in [9.17, 15) is 0 Å². The van der Waals surface area contributed by atoms with Crippen LogP contribution in [0.2, 0.25) is 0 Å². The second kappa shape index (κ2) is 5.80. The molecule has 0 amide bonds. The van der Waals surface area contributed by atoms with E-state index in [1.807, 2.05) is 36.1 Å². The fourth-order valence-corrected chi connectivity index (χ4v) is 1.90. The summed E-state index contributed by atoms with van der Waals surface area (Å²) in [5.74, 6) is 0. The molecule has 1 heterocycles.